The second-order valence-corrected chi connectivity index (χ2v) is 11.5. The summed E-state index contributed by atoms with van der Waals surface area (Å²) in [4.78, 5) is 15.6. The average molecular weight is 506 g/mol. The quantitative estimate of drug-likeness (QED) is 0.457. The molecule has 0 radical (unpaired) electrons. The maximum absolute atomic E-state index is 13.6. The summed E-state index contributed by atoms with van der Waals surface area (Å²) >= 11 is 0. The summed E-state index contributed by atoms with van der Waals surface area (Å²) in [7, 11) is -3.94. The molecule has 190 valence electrons. The topological polar surface area (TPSA) is 69.7 Å². The van der Waals surface area contributed by atoms with E-state index in [1.54, 1.807) is 30.3 Å². The van der Waals surface area contributed by atoms with Gasteiger partial charge in [0.15, 0.2) is 0 Å². The highest BCUT2D eigenvalue weighted by Gasteiger charge is 2.28. The van der Waals surface area contributed by atoms with Gasteiger partial charge in [0.1, 0.15) is 6.54 Å². The van der Waals surface area contributed by atoms with Crippen molar-refractivity contribution in [3.8, 4) is 0 Å². The first-order chi connectivity index (χ1) is 17.2. The minimum Gasteiger partial charge on any atom is -0.350 e. The van der Waals surface area contributed by atoms with Crippen LogP contribution >= 0.6 is 0 Å². The highest BCUT2D eigenvalue weighted by Crippen LogP contribution is 2.28. The fourth-order valence-corrected chi connectivity index (χ4v) is 5.97. The van der Waals surface area contributed by atoms with Crippen molar-refractivity contribution in [3.63, 3.8) is 0 Å². The summed E-state index contributed by atoms with van der Waals surface area (Å²) in [6.45, 7) is 9.02. The molecule has 1 fully saturated rings. The smallest absolute Gasteiger partial charge is 0.264 e. The Labute approximate surface area is 215 Å². The zero-order chi connectivity index (χ0) is 25.7. The maximum Gasteiger partial charge on any atom is 0.264 e. The van der Waals surface area contributed by atoms with Crippen LogP contribution in [0.15, 0.2) is 71.6 Å². The van der Waals surface area contributed by atoms with Crippen molar-refractivity contribution in [1.29, 1.82) is 0 Å². The van der Waals surface area contributed by atoms with Crippen LogP contribution in [-0.2, 0) is 27.9 Å². The Morgan fingerprint density at radius 1 is 0.889 bits per heavy atom. The van der Waals surface area contributed by atoms with Crippen LogP contribution in [0.4, 0.5) is 5.69 Å². The lowest BCUT2D eigenvalue weighted by Gasteiger charge is -2.26. The van der Waals surface area contributed by atoms with Gasteiger partial charge >= 0.3 is 0 Å². The van der Waals surface area contributed by atoms with Crippen molar-refractivity contribution in [2.75, 3.05) is 23.9 Å². The summed E-state index contributed by atoms with van der Waals surface area (Å²) in [5.74, 6) is -0.354. The Kier molecular flexibility index (Phi) is 8.11. The predicted molar refractivity (Wildman–Crippen MR) is 144 cm³/mol. The molecular formula is C29H35N3O3S. The van der Waals surface area contributed by atoms with Crippen LogP contribution in [-0.4, -0.2) is 38.9 Å². The molecule has 3 aromatic rings. The first-order valence-corrected chi connectivity index (χ1v) is 13.9. The molecular weight excluding hydrogens is 470 g/mol. The van der Waals surface area contributed by atoms with Gasteiger partial charge in [0.05, 0.1) is 10.6 Å². The van der Waals surface area contributed by atoms with Gasteiger partial charge < -0.3 is 5.32 Å². The summed E-state index contributed by atoms with van der Waals surface area (Å²) in [5.41, 5.74) is 5.51. The molecule has 0 saturated carbocycles. The molecule has 0 aromatic heterocycles. The summed E-state index contributed by atoms with van der Waals surface area (Å²) < 4.78 is 28.5. The van der Waals surface area contributed by atoms with E-state index in [0.717, 1.165) is 41.9 Å². The van der Waals surface area contributed by atoms with Crippen LogP contribution in [0.3, 0.4) is 0 Å². The number of rotatable bonds is 9. The van der Waals surface area contributed by atoms with Gasteiger partial charge in [-0.2, -0.15) is 0 Å². The first kappa shape index (κ1) is 25.9. The van der Waals surface area contributed by atoms with E-state index < -0.39 is 10.0 Å². The van der Waals surface area contributed by atoms with Gasteiger partial charge in [-0.15, -0.1) is 0 Å². The van der Waals surface area contributed by atoms with E-state index in [1.165, 1.54) is 22.7 Å². The van der Waals surface area contributed by atoms with E-state index in [9.17, 15) is 13.2 Å². The van der Waals surface area contributed by atoms with Gasteiger partial charge in [0.25, 0.3) is 10.0 Å². The fraction of sp³-hybridized carbons (Fsp3) is 0.345. The molecule has 1 aliphatic heterocycles. The first-order valence-electron chi connectivity index (χ1n) is 12.5. The van der Waals surface area contributed by atoms with Crippen LogP contribution in [0, 0.1) is 20.8 Å². The molecule has 0 bridgehead atoms. The van der Waals surface area contributed by atoms with Crippen LogP contribution < -0.4 is 9.62 Å². The number of nitrogens with one attached hydrogen (secondary N) is 1. The Morgan fingerprint density at radius 2 is 1.53 bits per heavy atom. The highest BCUT2D eigenvalue weighted by atomic mass is 32.2. The van der Waals surface area contributed by atoms with Crippen LogP contribution in [0.1, 0.15) is 40.7 Å². The maximum atomic E-state index is 13.6. The number of carbonyl (C=O) groups is 1. The standard InChI is InChI=1S/C29H35N3O3S/c1-22-9-15-27(16-10-22)36(34,35)32(28-8-6-7-23(2)24(28)3)21-29(33)30-19-25-11-13-26(14-12-25)20-31-17-4-5-18-31/h6-16H,4-5,17-21H2,1-3H3,(H,30,33). The van der Waals surface area contributed by atoms with Gasteiger partial charge in [-0.25, -0.2) is 8.42 Å². The van der Waals surface area contributed by atoms with Crippen molar-refractivity contribution in [3.05, 3.63) is 94.5 Å². The molecule has 0 unspecified atom stereocenters. The molecule has 7 heteroatoms. The van der Waals surface area contributed by atoms with Gasteiger partial charge in [0, 0.05) is 13.1 Å². The Balaban J connectivity index is 1.48. The fourth-order valence-electron chi connectivity index (χ4n) is 4.49. The Hall–Kier alpha value is -3.16. The van der Waals surface area contributed by atoms with Gasteiger partial charge in [-0.3, -0.25) is 14.0 Å². The molecule has 36 heavy (non-hydrogen) atoms. The minimum atomic E-state index is -3.94. The Morgan fingerprint density at radius 3 is 2.19 bits per heavy atom. The molecule has 3 aromatic carbocycles. The number of carbonyl (C=O) groups excluding carboxylic acids is 1. The molecule has 0 spiro atoms. The monoisotopic (exact) mass is 505 g/mol. The SMILES string of the molecule is Cc1ccc(S(=O)(=O)N(CC(=O)NCc2ccc(CN3CCCC3)cc2)c2cccc(C)c2C)cc1. The van der Waals surface area contributed by atoms with E-state index in [-0.39, 0.29) is 17.3 Å². The summed E-state index contributed by atoms with van der Waals surface area (Å²) in [6.07, 6.45) is 2.53. The molecule has 1 aliphatic rings. The van der Waals surface area contributed by atoms with Crippen molar-refractivity contribution >= 4 is 21.6 Å². The van der Waals surface area contributed by atoms with E-state index in [2.05, 4.69) is 22.3 Å². The lowest BCUT2D eigenvalue weighted by atomic mass is 10.1. The van der Waals surface area contributed by atoms with Crippen LogP contribution in [0.5, 0.6) is 0 Å². The van der Waals surface area contributed by atoms with Crippen molar-refractivity contribution in [2.24, 2.45) is 0 Å². The molecule has 6 nitrogen and oxygen atoms in total. The molecule has 1 heterocycles. The van der Waals surface area contributed by atoms with Crippen molar-refractivity contribution in [2.45, 2.75) is 51.6 Å². The number of anilines is 1. The second kappa shape index (κ2) is 11.3. The van der Waals surface area contributed by atoms with E-state index in [4.69, 9.17) is 0 Å². The van der Waals surface area contributed by atoms with E-state index >= 15 is 0 Å². The largest absolute Gasteiger partial charge is 0.350 e. The van der Waals surface area contributed by atoms with E-state index in [0.29, 0.717) is 12.2 Å². The molecule has 1 amide bonds. The van der Waals surface area contributed by atoms with Gasteiger partial charge in [-0.05, 0) is 87.2 Å². The summed E-state index contributed by atoms with van der Waals surface area (Å²) in [6, 6.07) is 20.5. The number of aryl methyl sites for hydroxylation is 2. The zero-order valence-electron chi connectivity index (χ0n) is 21.3. The Bertz CT molecular complexity index is 1300. The number of hydrogen-bond acceptors (Lipinski definition) is 4. The van der Waals surface area contributed by atoms with Gasteiger partial charge in [-0.1, -0.05) is 54.1 Å². The molecule has 4 rings (SSSR count). The summed E-state index contributed by atoms with van der Waals surface area (Å²) in [5, 5.41) is 2.90. The average Bonchev–Trinajstić information content (AvgIpc) is 3.37. The number of sulfonamides is 1. The second-order valence-electron chi connectivity index (χ2n) is 9.62. The number of amides is 1. The predicted octanol–water partition coefficient (Wildman–Crippen LogP) is 4.72. The third-order valence-corrected chi connectivity index (χ3v) is 8.63. The zero-order valence-corrected chi connectivity index (χ0v) is 22.1. The number of hydrogen-bond donors (Lipinski definition) is 1. The van der Waals surface area contributed by atoms with Crippen LogP contribution in [0.25, 0.3) is 0 Å². The number of benzene rings is 3. The van der Waals surface area contributed by atoms with Crippen molar-refractivity contribution < 1.29 is 13.2 Å². The normalized spacial score (nSPS) is 14.1. The minimum absolute atomic E-state index is 0.162. The third-order valence-electron chi connectivity index (χ3n) is 6.86. The molecule has 0 atom stereocenters. The highest BCUT2D eigenvalue weighted by molar-refractivity contribution is 7.92. The third kappa shape index (κ3) is 6.15. The lowest BCUT2D eigenvalue weighted by Crippen LogP contribution is -2.41. The molecule has 1 saturated heterocycles. The van der Waals surface area contributed by atoms with E-state index in [1.807, 2.05) is 45.0 Å². The number of nitrogens with zero attached hydrogens (tertiary/aromatic N) is 2. The lowest BCUT2D eigenvalue weighted by molar-refractivity contribution is -0.119. The molecule has 0 aliphatic carbocycles. The van der Waals surface area contributed by atoms with Gasteiger partial charge in [0.2, 0.25) is 5.91 Å². The number of likely N-dealkylation sites (tertiary alicyclic amines) is 1. The van der Waals surface area contributed by atoms with Crippen LogP contribution in [0.2, 0.25) is 0 Å². The molecule has 1 N–H and O–H groups in total. The van der Waals surface area contributed by atoms with Crippen molar-refractivity contribution in [1.82, 2.24) is 10.2 Å².